The van der Waals surface area contributed by atoms with E-state index in [2.05, 4.69) is 289 Å². The lowest BCUT2D eigenvalue weighted by atomic mass is 9.89. The van der Waals surface area contributed by atoms with Crippen LogP contribution in [-0.2, 0) is 0 Å². The maximum atomic E-state index is 2.46. The molecule has 0 radical (unpaired) electrons. The van der Waals surface area contributed by atoms with Gasteiger partial charge in [0.2, 0.25) is 0 Å². The van der Waals surface area contributed by atoms with E-state index in [-0.39, 0.29) is 0 Å². The zero-order valence-corrected chi connectivity index (χ0v) is 37.5. The molecule has 1 aromatic heterocycles. The lowest BCUT2D eigenvalue weighted by Gasteiger charge is -2.29. The van der Waals surface area contributed by atoms with Gasteiger partial charge in [-0.2, -0.15) is 0 Å². The summed E-state index contributed by atoms with van der Waals surface area (Å²) in [7, 11) is 0. The quantitative estimate of drug-likeness (QED) is 0.133. The van der Waals surface area contributed by atoms with Gasteiger partial charge in [-0.15, -0.1) is 0 Å². The topological polar surface area (TPSA) is 8.17 Å². The molecule has 12 rings (SSSR count). The molecule has 0 bridgehead atoms. The standard InChI is InChI=1S/C66H46N2/c1-6-22-47(23-7-1)55-32-16-17-34-57(55)51-38-41-61(59-35-19-18-33-56(59)48-24-8-2-9-25-48)65(44-51)67(52-30-14-5-15-31-52)54-40-43-62-60-36-20-21-37-64(60)68(66(62)46-54)53-39-42-58(49-26-10-3-11-27-49)63(45-53)50-28-12-4-13-29-50/h1-46H. The fourth-order valence-electron chi connectivity index (χ4n) is 10.1. The minimum absolute atomic E-state index is 1.06. The van der Waals surface area contributed by atoms with Crippen LogP contribution in [0.15, 0.2) is 279 Å². The first kappa shape index (κ1) is 40.5. The van der Waals surface area contributed by atoms with Crippen molar-refractivity contribution in [2.24, 2.45) is 0 Å². The van der Waals surface area contributed by atoms with E-state index in [4.69, 9.17) is 0 Å². The van der Waals surface area contributed by atoms with Gasteiger partial charge in [0.25, 0.3) is 0 Å². The average molecular weight is 867 g/mol. The molecule has 0 aliphatic carbocycles. The minimum Gasteiger partial charge on any atom is -0.310 e. The summed E-state index contributed by atoms with van der Waals surface area (Å²) in [5.41, 5.74) is 20.8. The van der Waals surface area contributed by atoms with Gasteiger partial charge in [0.15, 0.2) is 0 Å². The minimum atomic E-state index is 1.06. The summed E-state index contributed by atoms with van der Waals surface area (Å²) in [4.78, 5) is 2.46. The average Bonchev–Trinajstić information content (AvgIpc) is 3.76. The largest absolute Gasteiger partial charge is 0.310 e. The van der Waals surface area contributed by atoms with Crippen molar-refractivity contribution in [2.75, 3.05) is 4.90 Å². The molecular weight excluding hydrogens is 821 g/mol. The zero-order chi connectivity index (χ0) is 45.2. The monoisotopic (exact) mass is 866 g/mol. The van der Waals surface area contributed by atoms with Crippen LogP contribution in [0.1, 0.15) is 0 Å². The second kappa shape index (κ2) is 17.8. The van der Waals surface area contributed by atoms with E-state index in [1.54, 1.807) is 0 Å². The van der Waals surface area contributed by atoms with Crippen molar-refractivity contribution < 1.29 is 0 Å². The molecule has 0 fully saturated rings. The lowest BCUT2D eigenvalue weighted by Crippen LogP contribution is -2.12. The van der Waals surface area contributed by atoms with Crippen molar-refractivity contribution >= 4 is 38.9 Å². The van der Waals surface area contributed by atoms with Gasteiger partial charge in [-0.1, -0.05) is 231 Å². The first-order chi connectivity index (χ1) is 33.8. The van der Waals surface area contributed by atoms with Crippen molar-refractivity contribution in [3.8, 4) is 72.4 Å². The van der Waals surface area contributed by atoms with Gasteiger partial charge >= 0.3 is 0 Å². The molecule has 2 nitrogen and oxygen atoms in total. The molecule has 0 amide bonds. The van der Waals surface area contributed by atoms with Gasteiger partial charge in [-0.3, -0.25) is 0 Å². The summed E-state index contributed by atoms with van der Waals surface area (Å²) >= 11 is 0. The summed E-state index contributed by atoms with van der Waals surface area (Å²) < 4.78 is 2.46. The fraction of sp³-hybridized carbons (Fsp3) is 0. The highest BCUT2D eigenvalue weighted by atomic mass is 15.1. The highest BCUT2D eigenvalue weighted by Gasteiger charge is 2.23. The maximum Gasteiger partial charge on any atom is 0.0561 e. The Morgan fingerprint density at radius 3 is 1.28 bits per heavy atom. The number of benzene rings is 11. The Morgan fingerprint density at radius 2 is 0.676 bits per heavy atom. The number of aromatic nitrogens is 1. The van der Waals surface area contributed by atoms with Crippen LogP contribution in [0, 0.1) is 0 Å². The summed E-state index contributed by atoms with van der Waals surface area (Å²) in [5.74, 6) is 0. The molecule has 68 heavy (non-hydrogen) atoms. The van der Waals surface area contributed by atoms with E-state index in [0.29, 0.717) is 0 Å². The molecule has 1 heterocycles. The summed E-state index contributed by atoms with van der Waals surface area (Å²) in [6.45, 7) is 0. The van der Waals surface area contributed by atoms with E-state index in [9.17, 15) is 0 Å². The number of hydrogen-bond acceptors (Lipinski definition) is 1. The Kier molecular flexibility index (Phi) is 10.6. The van der Waals surface area contributed by atoms with Crippen molar-refractivity contribution in [3.63, 3.8) is 0 Å². The van der Waals surface area contributed by atoms with Gasteiger partial charge in [0.1, 0.15) is 0 Å². The Bertz CT molecular complexity index is 3710. The Labute approximate surface area is 397 Å². The Morgan fingerprint density at radius 1 is 0.235 bits per heavy atom. The van der Waals surface area contributed by atoms with Crippen LogP contribution >= 0.6 is 0 Å². The van der Waals surface area contributed by atoms with Crippen LogP contribution in [0.5, 0.6) is 0 Å². The molecule has 0 atom stereocenters. The molecule has 320 valence electrons. The van der Waals surface area contributed by atoms with Gasteiger partial charge in [-0.05, 0) is 110 Å². The molecule has 2 heteroatoms. The molecule has 0 saturated carbocycles. The van der Waals surface area contributed by atoms with E-state index in [0.717, 1.165) is 44.9 Å². The molecule has 0 aliphatic heterocycles. The highest BCUT2D eigenvalue weighted by molar-refractivity contribution is 6.11. The number of anilines is 3. The number of para-hydroxylation sites is 2. The van der Waals surface area contributed by atoms with Gasteiger partial charge in [0.05, 0.1) is 16.7 Å². The number of nitrogens with zero attached hydrogens (tertiary/aromatic N) is 2. The normalized spacial score (nSPS) is 11.2. The third-order valence-electron chi connectivity index (χ3n) is 13.2. The zero-order valence-electron chi connectivity index (χ0n) is 37.5. The first-order valence-electron chi connectivity index (χ1n) is 23.3. The fourth-order valence-corrected chi connectivity index (χ4v) is 10.1. The number of fused-ring (bicyclic) bond motifs is 3. The molecule has 0 spiro atoms. The van der Waals surface area contributed by atoms with E-state index >= 15 is 0 Å². The summed E-state index contributed by atoms with van der Waals surface area (Å²) in [5, 5.41) is 2.41. The Balaban J connectivity index is 1.12. The first-order valence-corrected chi connectivity index (χ1v) is 23.3. The molecule has 11 aromatic carbocycles. The van der Waals surface area contributed by atoms with E-state index < -0.39 is 0 Å². The second-order valence-electron chi connectivity index (χ2n) is 17.2. The van der Waals surface area contributed by atoms with Crippen molar-refractivity contribution in [3.05, 3.63) is 279 Å². The highest BCUT2D eigenvalue weighted by Crippen LogP contribution is 2.48. The van der Waals surface area contributed by atoms with Crippen LogP contribution in [0.3, 0.4) is 0 Å². The van der Waals surface area contributed by atoms with Gasteiger partial charge in [-0.25, -0.2) is 0 Å². The van der Waals surface area contributed by atoms with Crippen LogP contribution in [0.25, 0.3) is 94.3 Å². The number of rotatable bonds is 10. The maximum absolute atomic E-state index is 2.46. The molecule has 0 unspecified atom stereocenters. The van der Waals surface area contributed by atoms with Crippen LogP contribution < -0.4 is 4.90 Å². The Hall–Kier alpha value is -8.98. The predicted molar refractivity (Wildman–Crippen MR) is 288 cm³/mol. The van der Waals surface area contributed by atoms with Crippen molar-refractivity contribution in [2.45, 2.75) is 0 Å². The van der Waals surface area contributed by atoms with E-state index in [1.165, 1.54) is 66.4 Å². The van der Waals surface area contributed by atoms with Crippen LogP contribution in [0.4, 0.5) is 17.1 Å². The number of hydrogen-bond donors (Lipinski definition) is 0. The lowest BCUT2D eigenvalue weighted by molar-refractivity contribution is 1.18. The SMILES string of the molecule is c1ccc(-c2ccccc2-c2ccc(-c3ccccc3-c3ccccc3)c(N(c3ccccc3)c3ccc4c5ccccc5n(-c5ccc(-c6ccccc6)c(-c6ccccc6)c5)c4c3)c2)cc1. The van der Waals surface area contributed by atoms with Crippen molar-refractivity contribution in [1.29, 1.82) is 0 Å². The van der Waals surface area contributed by atoms with Gasteiger partial charge in [0, 0.05) is 33.4 Å². The predicted octanol–water partition coefficient (Wildman–Crippen LogP) is 18.3. The molecule has 12 aromatic rings. The van der Waals surface area contributed by atoms with Crippen LogP contribution in [0.2, 0.25) is 0 Å². The van der Waals surface area contributed by atoms with E-state index in [1.807, 2.05) is 0 Å². The second-order valence-corrected chi connectivity index (χ2v) is 17.2. The van der Waals surface area contributed by atoms with Crippen molar-refractivity contribution in [1.82, 2.24) is 4.57 Å². The van der Waals surface area contributed by atoms with Gasteiger partial charge < -0.3 is 9.47 Å². The third-order valence-corrected chi connectivity index (χ3v) is 13.2. The summed E-state index contributed by atoms with van der Waals surface area (Å²) in [6, 6.07) is 101. The molecule has 0 saturated heterocycles. The molecule has 0 N–H and O–H groups in total. The molecular formula is C66H46N2. The van der Waals surface area contributed by atoms with Crippen LogP contribution in [-0.4, -0.2) is 4.57 Å². The third kappa shape index (κ3) is 7.45. The smallest absolute Gasteiger partial charge is 0.0561 e. The molecule has 0 aliphatic rings. The summed E-state index contributed by atoms with van der Waals surface area (Å²) in [6.07, 6.45) is 0.